The topological polar surface area (TPSA) is 59.8 Å². The largest absolute Gasteiger partial charge is 0.419 e. The lowest BCUT2D eigenvalue weighted by Gasteiger charge is -2.15. The van der Waals surface area contributed by atoms with Gasteiger partial charge in [0.1, 0.15) is 11.8 Å². The fraction of sp³-hybridized carbons (Fsp3) is 0.214. The van der Waals surface area contributed by atoms with Gasteiger partial charge in [-0.05, 0) is 33.6 Å². The maximum Gasteiger partial charge on any atom is 0.419 e. The van der Waals surface area contributed by atoms with Crippen LogP contribution in [0.1, 0.15) is 28.5 Å². The summed E-state index contributed by atoms with van der Waals surface area (Å²) < 4.78 is 39.0. The Labute approximate surface area is 137 Å². The van der Waals surface area contributed by atoms with Gasteiger partial charge in [-0.1, -0.05) is 23.7 Å². The SMILES string of the molecule is N#Cc1[nH]c(Br)c(C(F)(F)F)c1C(O)Cc1ccc(Cl)cc1. The van der Waals surface area contributed by atoms with E-state index in [0.717, 1.165) is 0 Å². The first kappa shape index (κ1) is 16.9. The number of nitriles is 1. The van der Waals surface area contributed by atoms with Crippen LogP contribution in [0.3, 0.4) is 0 Å². The Balaban J connectivity index is 2.42. The zero-order chi connectivity index (χ0) is 16.5. The van der Waals surface area contributed by atoms with E-state index in [0.29, 0.717) is 10.6 Å². The summed E-state index contributed by atoms with van der Waals surface area (Å²) in [5, 5.41) is 19.6. The number of nitrogens with zero attached hydrogens (tertiary/aromatic N) is 1. The van der Waals surface area contributed by atoms with E-state index in [1.165, 1.54) is 0 Å². The van der Waals surface area contributed by atoms with Gasteiger partial charge in [0.2, 0.25) is 0 Å². The lowest BCUT2D eigenvalue weighted by atomic mass is 9.98. The molecule has 1 atom stereocenters. The number of aromatic nitrogens is 1. The van der Waals surface area contributed by atoms with E-state index in [2.05, 4.69) is 20.9 Å². The fourth-order valence-electron chi connectivity index (χ4n) is 2.13. The van der Waals surface area contributed by atoms with Crippen LogP contribution in [0, 0.1) is 11.3 Å². The summed E-state index contributed by atoms with van der Waals surface area (Å²) >= 11 is 8.49. The Morgan fingerprint density at radius 3 is 2.41 bits per heavy atom. The minimum atomic E-state index is -4.69. The third-order valence-corrected chi connectivity index (χ3v) is 3.91. The van der Waals surface area contributed by atoms with Crippen molar-refractivity contribution in [3.05, 3.63) is 56.3 Å². The highest BCUT2D eigenvalue weighted by Gasteiger charge is 2.40. The molecule has 1 heterocycles. The van der Waals surface area contributed by atoms with Gasteiger partial charge in [0, 0.05) is 17.0 Å². The summed E-state index contributed by atoms with van der Waals surface area (Å²) in [4.78, 5) is 2.30. The van der Waals surface area contributed by atoms with Crippen molar-refractivity contribution in [3.63, 3.8) is 0 Å². The number of halogens is 5. The minimum absolute atomic E-state index is 0.0702. The first-order valence-corrected chi connectivity index (χ1v) is 7.22. The zero-order valence-electron chi connectivity index (χ0n) is 10.9. The van der Waals surface area contributed by atoms with Crippen LogP contribution in [0.5, 0.6) is 0 Å². The second-order valence-electron chi connectivity index (χ2n) is 4.56. The number of benzene rings is 1. The number of H-pyrrole nitrogens is 1. The zero-order valence-corrected chi connectivity index (χ0v) is 13.2. The summed E-state index contributed by atoms with van der Waals surface area (Å²) in [5.74, 6) is 0. The molecule has 1 aromatic carbocycles. The van der Waals surface area contributed by atoms with Gasteiger partial charge < -0.3 is 10.1 Å². The maximum atomic E-state index is 13.1. The normalized spacial score (nSPS) is 13.0. The molecule has 22 heavy (non-hydrogen) atoms. The molecule has 0 aliphatic heterocycles. The van der Waals surface area contributed by atoms with Gasteiger partial charge >= 0.3 is 6.18 Å². The van der Waals surface area contributed by atoms with Crippen molar-refractivity contribution in [2.45, 2.75) is 18.7 Å². The van der Waals surface area contributed by atoms with E-state index in [1.54, 1.807) is 30.3 Å². The molecule has 1 aromatic heterocycles. The lowest BCUT2D eigenvalue weighted by Crippen LogP contribution is -2.13. The van der Waals surface area contributed by atoms with Crippen LogP contribution < -0.4 is 0 Å². The highest BCUT2D eigenvalue weighted by atomic mass is 79.9. The molecule has 0 aliphatic carbocycles. The Morgan fingerprint density at radius 1 is 1.32 bits per heavy atom. The van der Waals surface area contributed by atoms with Crippen LogP contribution in [-0.2, 0) is 12.6 Å². The first-order valence-electron chi connectivity index (χ1n) is 6.05. The molecule has 2 rings (SSSR count). The fourth-order valence-corrected chi connectivity index (χ4v) is 2.89. The number of aliphatic hydroxyl groups excluding tert-OH is 1. The summed E-state index contributed by atoms with van der Waals surface area (Å²) in [6, 6.07) is 8.00. The van der Waals surface area contributed by atoms with Gasteiger partial charge in [0.05, 0.1) is 16.3 Å². The van der Waals surface area contributed by atoms with E-state index in [-0.39, 0.29) is 16.7 Å². The Hall–Kier alpha value is -1.49. The molecule has 2 aromatic rings. The molecule has 1 unspecified atom stereocenters. The van der Waals surface area contributed by atoms with E-state index < -0.39 is 23.4 Å². The molecule has 0 saturated heterocycles. The molecule has 0 bridgehead atoms. The van der Waals surface area contributed by atoms with Crippen LogP contribution in [-0.4, -0.2) is 10.1 Å². The predicted molar refractivity (Wildman–Crippen MR) is 78.3 cm³/mol. The van der Waals surface area contributed by atoms with Gasteiger partial charge in [0.25, 0.3) is 0 Å². The van der Waals surface area contributed by atoms with E-state index in [1.807, 2.05) is 0 Å². The Bertz CT molecular complexity index is 719. The molecule has 0 fully saturated rings. The molecule has 2 N–H and O–H groups in total. The van der Waals surface area contributed by atoms with Crippen LogP contribution in [0.2, 0.25) is 5.02 Å². The molecule has 0 amide bonds. The smallest absolute Gasteiger partial charge is 0.388 e. The van der Waals surface area contributed by atoms with Crippen molar-refractivity contribution >= 4 is 27.5 Å². The first-order chi connectivity index (χ1) is 10.2. The van der Waals surface area contributed by atoms with E-state index in [4.69, 9.17) is 16.9 Å². The second kappa shape index (κ2) is 6.32. The van der Waals surface area contributed by atoms with Crippen molar-refractivity contribution in [3.8, 4) is 6.07 Å². The maximum absolute atomic E-state index is 13.1. The third kappa shape index (κ3) is 3.46. The second-order valence-corrected chi connectivity index (χ2v) is 5.79. The summed E-state index contributed by atoms with van der Waals surface area (Å²) in [5.41, 5.74) is -1.24. The monoisotopic (exact) mass is 392 g/mol. The van der Waals surface area contributed by atoms with Gasteiger partial charge in [-0.15, -0.1) is 0 Å². The number of hydrogen-bond acceptors (Lipinski definition) is 2. The van der Waals surface area contributed by atoms with Crippen molar-refractivity contribution < 1.29 is 18.3 Å². The van der Waals surface area contributed by atoms with Crippen molar-refractivity contribution in [1.29, 1.82) is 5.26 Å². The highest BCUT2D eigenvalue weighted by Crippen LogP contribution is 2.41. The molecular weight excluding hydrogens is 385 g/mol. The number of hydrogen-bond donors (Lipinski definition) is 2. The molecule has 0 radical (unpaired) electrons. The molecule has 0 spiro atoms. The Kier molecular flexibility index (Phi) is 4.85. The number of nitrogens with one attached hydrogen (secondary N) is 1. The molecule has 0 aliphatic rings. The standard InChI is InChI=1S/C14H9BrClF3N2O/c15-13-12(14(17,18)19)11(9(6-20)21-13)10(22)5-7-1-3-8(16)4-2-7/h1-4,10,21-22H,5H2. The van der Waals surface area contributed by atoms with Gasteiger partial charge in [-0.2, -0.15) is 18.4 Å². The molecular formula is C14H9BrClF3N2O. The minimum Gasteiger partial charge on any atom is -0.388 e. The highest BCUT2D eigenvalue weighted by molar-refractivity contribution is 9.10. The van der Waals surface area contributed by atoms with Gasteiger partial charge in [0.15, 0.2) is 0 Å². The van der Waals surface area contributed by atoms with Crippen LogP contribution in [0.25, 0.3) is 0 Å². The average Bonchev–Trinajstić information content (AvgIpc) is 2.78. The average molecular weight is 394 g/mol. The third-order valence-electron chi connectivity index (χ3n) is 3.06. The number of rotatable bonds is 3. The molecule has 0 saturated carbocycles. The number of alkyl halides is 3. The summed E-state index contributed by atoms with van der Waals surface area (Å²) in [6.45, 7) is 0. The van der Waals surface area contributed by atoms with Gasteiger partial charge in [-0.25, -0.2) is 0 Å². The van der Waals surface area contributed by atoms with Crippen LogP contribution in [0.15, 0.2) is 28.9 Å². The number of aliphatic hydroxyl groups is 1. The van der Waals surface area contributed by atoms with Crippen molar-refractivity contribution in [2.24, 2.45) is 0 Å². The van der Waals surface area contributed by atoms with E-state index >= 15 is 0 Å². The van der Waals surface area contributed by atoms with Crippen LogP contribution in [0.4, 0.5) is 13.2 Å². The summed E-state index contributed by atoms with van der Waals surface area (Å²) in [6.07, 6.45) is -6.24. The quantitative estimate of drug-likeness (QED) is 0.801. The van der Waals surface area contributed by atoms with Crippen LogP contribution >= 0.6 is 27.5 Å². The number of aromatic amines is 1. The predicted octanol–water partition coefficient (Wildman–Crippen LogP) is 4.60. The molecule has 116 valence electrons. The Morgan fingerprint density at radius 2 is 1.91 bits per heavy atom. The van der Waals surface area contributed by atoms with Crippen molar-refractivity contribution in [2.75, 3.05) is 0 Å². The molecule has 8 heteroatoms. The van der Waals surface area contributed by atoms with E-state index in [9.17, 15) is 18.3 Å². The van der Waals surface area contributed by atoms with Gasteiger partial charge in [-0.3, -0.25) is 0 Å². The lowest BCUT2D eigenvalue weighted by molar-refractivity contribution is -0.139. The molecule has 3 nitrogen and oxygen atoms in total. The summed E-state index contributed by atoms with van der Waals surface area (Å²) in [7, 11) is 0. The van der Waals surface area contributed by atoms with Crippen molar-refractivity contribution in [1.82, 2.24) is 4.98 Å².